The van der Waals surface area contributed by atoms with Crippen molar-refractivity contribution in [3.05, 3.63) is 64.2 Å². The van der Waals surface area contributed by atoms with E-state index in [0.717, 1.165) is 29.4 Å². The minimum Gasteiger partial charge on any atom is -0.352 e. The normalized spacial score (nSPS) is 13.1. The highest BCUT2D eigenvalue weighted by molar-refractivity contribution is 7.92. The maximum Gasteiger partial charge on any atom is 0.242 e. The molecule has 0 spiro atoms. The number of sulfonamides is 1. The van der Waals surface area contributed by atoms with E-state index in [4.69, 9.17) is 11.6 Å². The Labute approximate surface area is 220 Å². The number of hydrogen-bond acceptors (Lipinski definition) is 4. The number of carbonyl (C=O) groups is 2. The van der Waals surface area contributed by atoms with E-state index in [0.29, 0.717) is 17.1 Å². The minimum atomic E-state index is -3.54. The van der Waals surface area contributed by atoms with Crippen molar-refractivity contribution in [3.8, 4) is 0 Å². The van der Waals surface area contributed by atoms with Crippen LogP contribution in [-0.2, 0) is 26.2 Å². The van der Waals surface area contributed by atoms with Gasteiger partial charge in [0.15, 0.2) is 0 Å². The number of nitrogens with zero attached hydrogens (tertiary/aromatic N) is 2. The van der Waals surface area contributed by atoms with Gasteiger partial charge in [-0.1, -0.05) is 42.8 Å². The van der Waals surface area contributed by atoms with Crippen LogP contribution < -0.4 is 9.62 Å². The number of rotatable bonds is 12. The molecule has 0 aliphatic carbocycles. The predicted molar refractivity (Wildman–Crippen MR) is 147 cm³/mol. The highest BCUT2D eigenvalue weighted by Crippen LogP contribution is 2.23. The zero-order valence-electron chi connectivity index (χ0n) is 22.0. The topological polar surface area (TPSA) is 86.8 Å². The van der Waals surface area contributed by atoms with Crippen molar-refractivity contribution in [1.82, 2.24) is 10.2 Å². The Bertz CT molecular complexity index is 1150. The van der Waals surface area contributed by atoms with Gasteiger partial charge in [-0.3, -0.25) is 13.9 Å². The molecule has 0 radical (unpaired) electrons. The number of amides is 2. The number of halogens is 1. The van der Waals surface area contributed by atoms with Crippen molar-refractivity contribution >= 4 is 39.1 Å². The van der Waals surface area contributed by atoms with E-state index >= 15 is 0 Å². The number of anilines is 1. The van der Waals surface area contributed by atoms with Crippen molar-refractivity contribution in [2.24, 2.45) is 0 Å². The molecule has 0 fully saturated rings. The number of benzene rings is 2. The maximum atomic E-state index is 13.4. The van der Waals surface area contributed by atoms with Gasteiger partial charge in [0.25, 0.3) is 0 Å². The van der Waals surface area contributed by atoms with E-state index < -0.39 is 16.1 Å². The largest absolute Gasteiger partial charge is 0.352 e. The van der Waals surface area contributed by atoms with Crippen LogP contribution in [0.5, 0.6) is 0 Å². The SMILES string of the molecule is CC[C@@H](C)NC(=O)[C@@H](C)N(Cc1ccccc1Cl)C(=O)CCCN(c1cc(C)cc(C)c1)S(C)(=O)=O. The molecule has 0 heterocycles. The molecule has 0 aliphatic rings. The van der Waals surface area contributed by atoms with E-state index in [1.807, 2.05) is 64.1 Å². The van der Waals surface area contributed by atoms with Gasteiger partial charge in [0.05, 0.1) is 11.9 Å². The summed E-state index contributed by atoms with van der Waals surface area (Å²) in [5, 5.41) is 3.45. The van der Waals surface area contributed by atoms with Gasteiger partial charge in [0.1, 0.15) is 6.04 Å². The first-order chi connectivity index (χ1) is 16.8. The summed E-state index contributed by atoms with van der Waals surface area (Å²) >= 11 is 6.34. The number of aryl methyl sites for hydroxylation is 2. The number of carbonyl (C=O) groups excluding carboxylic acids is 2. The third kappa shape index (κ3) is 8.52. The van der Waals surface area contributed by atoms with Crippen LogP contribution in [0, 0.1) is 13.8 Å². The minimum absolute atomic E-state index is 0.0154. The van der Waals surface area contributed by atoms with Gasteiger partial charge >= 0.3 is 0 Å². The molecule has 9 heteroatoms. The predicted octanol–water partition coefficient (Wildman–Crippen LogP) is 4.84. The number of nitrogens with one attached hydrogen (secondary N) is 1. The summed E-state index contributed by atoms with van der Waals surface area (Å²) < 4.78 is 26.4. The fourth-order valence-electron chi connectivity index (χ4n) is 3.96. The third-order valence-corrected chi connectivity index (χ3v) is 7.68. The summed E-state index contributed by atoms with van der Waals surface area (Å²) in [6.45, 7) is 9.76. The molecule has 2 aromatic rings. The Balaban J connectivity index is 2.21. The van der Waals surface area contributed by atoms with Crippen molar-refractivity contribution < 1.29 is 18.0 Å². The van der Waals surface area contributed by atoms with Gasteiger partial charge in [0, 0.05) is 30.6 Å². The van der Waals surface area contributed by atoms with E-state index in [9.17, 15) is 18.0 Å². The fourth-order valence-corrected chi connectivity index (χ4v) is 5.10. The lowest BCUT2D eigenvalue weighted by molar-refractivity contribution is -0.140. The van der Waals surface area contributed by atoms with Crippen LogP contribution in [0.25, 0.3) is 0 Å². The molecule has 2 aromatic carbocycles. The van der Waals surface area contributed by atoms with E-state index in [2.05, 4.69) is 5.32 Å². The monoisotopic (exact) mass is 535 g/mol. The fraction of sp³-hybridized carbons (Fsp3) is 0.481. The van der Waals surface area contributed by atoms with Crippen LogP contribution in [0.3, 0.4) is 0 Å². The standard InChI is InChI=1S/C27H38ClN3O4S/c1-7-21(4)29-27(33)22(5)30(18-23-11-8-9-12-25(23)28)26(32)13-10-14-31(36(6,34)35)24-16-19(2)15-20(3)17-24/h8-9,11-12,15-17,21-22H,7,10,13-14,18H2,1-6H3,(H,29,33)/t21-,22-/m1/s1. The van der Waals surface area contributed by atoms with Gasteiger partial charge in [-0.25, -0.2) is 8.42 Å². The second-order valence-electron chi connectivity index (χ2n) is 9.39. The van der Waals surface area contributed by atoms with Gasteiger partial charge in [0.2, 0.25) is 21.8 Å². The van der Waals surface area contributed by atoms with Gasteiger partial charge in [-0.15, -0.1) is 0 Å². The molecule has 0 unspecified atom stereocenters. The zero-order chi connectivity index (χ0) is 27.0. The lowest BCUT2D eigenvalue weighted by Crippen LogP contribution is -2.49. The van der Waals surface area contributed by atoms with Crippen LogP contribution in [0.15, 0.2) is 42.5 Å². The highest BCUT2D eigenvalue weighted by Gasteiger charge is 2.27. The first-order valence-electron chi connectivity index (χ1n) is 12.2. The van der Waals surface area contributed by atoms with E-state index in [-0.39, 0.29) is 37.4 Å². The average molecular weight is 536 g/mol. The van der Waals surface area contributed by atoms with Gasteiger partial charge in [-0.05, 0) is 75.4 Å². The molecule has 198 valence electrons. The highest BCUT2D eigenvalue weighted by atomic mass is 35.5. The van der Waals surface area contributed by atoms with Crippen molar-refractivity contribution in [2.75, 3.05) is 17.1 Å². The molecule has 0 aromatic heterocycles. The lowest BCUT2D eigenvalue weighted by atomic mass is 10.1. The van der Waals surface area contributed by atoms with Crippen LogP contribution in [0.2, 0.25) is 5.02 Å². The zero-order valence-corrected chi connectivity index (χ0v) is 23.6. The summed E-state index contributed by atoms with van der Waals surface area (Å²) in [5.74, 6) is -0.478. The van der Waals surface area contributed by atoms with E-state index in [1.165, 1.54) is 9.21 Å². The smallest absolute Gasteiger partial charge is 0.242 e. The van der Waals surface area contributed by atoms with Crippen molar-refractivity contribution in [2.45, 2.75) is 72.5 Å². The third-order valence-electron chi connectivity index (χ3n) is 6.11. The second-order valence-corrected chi connectivity index (χ2v) is 11.7. The molecule has 2 amide bonds. The molecule has 0 bridgehead atoms. The summed E-state index contributed by atoms with van der Waals surface area (Å²) in [6, 6.07) is 12.1. The van der Waals surface area contributed by atoms with Crippen molar-refractivity contribution in [3.63, 3.8) is 0 Å². The average Bonchev–Trinajstić information content (AvgIpc) is 2.79. The van der Waals surface area contributed by atoms with Crippen molar-refractivity contribution in [1.29, 1.82) is 0 Å². The Morgan fingerprint density at radius 1 is 1.06 bits per heavy atom. The summed E-state index contributed by atoms with van der Waals surface area (Å²) in [7, 11) is -3.54. The molecule has 36 heavy (non-hydrogen) atoms. The molecule has 2 atom stereocenters. The molecule has 0 aliphatic heterocycles. The molecule has 0 saturated heterocycles. The Morgan fingerprint density at radius 3 is 2.22 bits per heavy atom. The molecule has 1 N–H and O–H groups in total. The Hall–Kier alpha value is -2.58. The van der Waals surface area contributed by atoms with Crippen LogP contribution in [0.4, 0.5) is 5.69 Å². The molecule has 7 nitrogen and oxygen atoms in total. The molecular formula is C27H38ClN3O4S. The van der Waals surface area contributed by atoms with Crippen LogP contribution in [0.1, 0.15) is 56.7 Å². The maximum absolute atomic E-state index is 13.4. The Kier molecular flexibility index (Phi) is 10.8. The van der Waals surface area contributed by atoms with Gasteiger partial charge in [-0.2, -0.15) is 0 Å². The first-order valence-corrected chi connectivity index (χ1v) is 14.4. The summed E-state index contributed by atoms with van der Waals surface area (Å²) in [6.07, 6.45) is 2.33. The first kappa shape index (κ1) is 29.6. The van der Waals surface area contributed by atoms with Crippen LogP contribution in [-0.4, -0.2) is 50.0 Å². The summed E-state index contributed by atoms with van der Waals surface area (Å²) in [4.78, 5) is 27.8. The molecular weight excluding hydrogens is 498 g/mol. The lowest BCUT2D eigenvalue weighted by Gasteiger charge is -2.30. The second kappa shape index (κ2) is 13.1. The van der Waals surface area contributed by atoms with Crippen LogP contribution >= 0.6 is 11.6 Å². The quantitative estimate of drug-likeness (QED) is 0.421. The van der Waals surface area contributed by atoms with Gasteiger partial charge < -0.3 is 10.2 Å². The molecule has 0 saturated carbocycles. The molecule has 2 rings (SSSR count). The van der Waals surface area contributed by atoms with E-state index in [1.54, 1.807) is 13.0 Å². The Morgan fingerprint density at radius 2 is 1.67 bits per heavy atom. The number of hydrogen-bond donors (Lipinski definition) is 1. The summed E-state index contributed by atoms with van der Waals surface area (Å²) in [5.41, 5.74) is 3.24.